The molecule has 0 spiro atoms. The number of amides is 1. The Hall–Kier alpha value is -1.69. The molecule has 2 rings (SSSR count). The molecule has 25 heavy (non-hydrogen) atoms. The second-order valence-corrected chi connectivity index (χ2v) is 8.21. The zero-order valence-electron chi connectivity index (χ0n) is 15.5. The molecule has 0 atom stereocenters. The molecule has 0 bridgehead atoms. The molecule has 0 radical (unpaired) electrons. The Morgan fingerprint density at radius 2 is 1.84 bits per heavy atom. The number of nitrogens with zero attached hydrogens (tertiary/aromatic N) is 1. The van der Waals surface area contributed by atoms with Gasteiger partial charge in [0.15, 0.2) is 5.96 Å². The fraction of sp³-hybridized carbons (Fsp3) is 0.579. The largest absolute Gasteiger partial charge is 0.357 e. The SMILES string of the molecule is CCNC(=NCC1(Sc2ccccc2)CC1)NCCNC(=O)C(C)C. The van der Waals surface area contributed by atoms with E-state index in [1.807, 2.05) is 31.7 Å². The number of guanidine groups is 1. The highest BCUT2D eigenvalue weighted by Crippen LogP contribution is 2.51. The van der Waals surface area contributed by atoms with Crippen LogP contribution in [0.5, 0.6) is 0 Å². The minimum absolute atomic E-state index is 0.0200. The average Bonchev–Trinajstić information content (AvgIpc) is 3.36. The number of carbonyl (C=O) groups is 1. The minimum Gasteiger partial charge on any atom is -0.357 e. The molecular formula is C19H30N4OS. The van der Waals surface area contributed by atoms with E-state index >= 15 is 0 Å². The van der Waals surface area contributed by atoms with E-state index in [-0.39, 0.29) is 16.6 Å². The number of thioether (sulfide) groups is 1. The van der Waals surface area contributed by atoms with Gasteiger partial charge in [-0.25, -0.2) is 0 Å². The summed E-state index contributed by atoms with van der Waals surface area (Å²) in [6.45, 7) is 8.75. The van der Waals surface area contributed by atoms with Gasteiger partial charge >= 0.3 is 0 Å². The molecule has 1 aliphatic carbocycles. The first-order chi connectivity index (χ1) is 12.0. The lowest BCUT2D eigenvalue weighted by Gasteiger charge is -2.16. The van der Waals surface area contributed by atoms with Gasteiger partial charge in [0.05, 0.1) is 6.54 Å². The van der Waals surface area contributed by atoms with Gasteiger partial charge in [0, 0.05) is 35.2 Å². The van der Waals surface area contributed by atoms with Crippen LogP contribution in [0.1, 0.15) is 33.6 Å². The smallest absolute Gasteiger partial charge is 0.222 e. The van der Waals surface area contributed by atoms with Crippen LogP contribution >= 0.6 is 11.8 Å². The average molecular weight is 363 g/mol. The Bertz CT molecular complexity index is 570. The minimum atomic E-state index is 0.0200. The van der Waals surface area contributed by atoms with E-state index in [0.29, 0.717) is 13.1 Å². The van der Waals surface area contributed by atoms with Crippen molar-refractivity contribution >= 4 is 23.6 Å². The third-order valence-corrected chi connectivity index (χ3v) is 5.47. The highest BCUT2D eigenvalue weighted by Gasteiger charge is 2.43. The molecule has 6 heteroatoms. The van der Waals surface area contributed by atoms with Gasteiger partial charge in [0.25, 0.3) is 0 Å². The van der Waals surface area contributed by atoms with E-state index in [4.69, 9.17) is 4.99 Å². The molecule has 0 aromatic heterocycles. The second-order valence-electron chi connectivity index (χ2n) is 6.67. The van der Waals surface area contributed by atoms with Crippen LogP contribution in [-0.2, 0) is 4.79 Å². The van der Waals surface area contributed by atoms with Gasteiger partial charge in [-0.1, -0.05) is 32.0 Å². The Morgan fingerprint density at radius 1 is 1.16 bits per heavy atom. The highest BCUT2D eigenvalue weighted by atomic mass is 32.2. The Morgan fingerprint density at radius 3 is 2.44 bits per heavy atom. The van der Waals surface area contributed by atoms with Crippen molar-refractivity contribution in [3.63, 3.8) is 0 Å². The molecule has 1 saturated carbocycles. The molecule has 138 valence electrons. The van der Waals surface area contributed by atoms with Gasteiger partial charge in [0.1, 0.15) is 0 Å². The summed E-state index contributed by atoms with van der Waals surface area (Å²) in [7, 11) is 0. The number of carbonyl (C=O) groups excluding carboxylic acids is 1. The van der Waals surface area contributed by atoms with Gasteiger partial charge in [-0.2, -0.15) is 0 Å². The molecule has 0 saturated heterocycles. The first-order valence-corrected chi connectivity index (χ1v) is 9.90. The first-order valence-electron chi connectivity index (χ1n) is 9.08. The Labute approximate surface area is 155 Å². The van der Waals surface area contributed by atoms with Crippen molar-refractivity contribution in [3.05, 3.63) is 30.3 Å². The first kappa shape index (κ1) is 19.6. The van der Waals surface area contributed by atoms with Crippen molar-refractivity contribution < 1.29 is 4.79 Å². The monoisotopic (exact) mass is 362 g/mol. The summed E-state index contributed by atoms with van der Waals surface area (Å²) in [5.74, 6) is 0.924. The van der Waals surface area contributed by atoms with Crippen LogP contribution in [0.25, 0.3) is 0 Å². The van der Waals surface area contributed by atoms with E-state index in [2.05, 4.69) is 47.1 Å². The zero-order valence-corrected chi connectivity index (χ0v) is 16.3. The number of hydrogen-bond donors (Lipinski definition) is 3. The molecule has 1 aliphatic rings. The van der Waals surface area contributed by atoms with Crippen LogP contribution in [0.4, 0.5) is 0 Å². The van der Waals surface area contributed by atoms with Crippen molar-refractivity contribution in [1.29, 1.82) is 0 Å². The number of benzene rings is 1. The summed E-state index contributed by atoms with van der Waals surface area (Å²) in [5, 5.41) is 9.48. The van der Waals surface area contributed by atoms with Crippen LogP contribution in [0.3, 0.4) is 0 Å². The summed E-state index contributed by atoms with van der Waals surface area (Å²) in [6.07, 6.45) is 2.42. The molecule has 0 heterocycles. The molecular weight excluding hydrogens is 332 g/mol. The summed E-state index contributed by atoms with van der Waals surface area (Å²) in [4.78, 5) is 17.6. The van der Waals surface area contributed by atoms with Crippen molar-refractivity contribution in [2.45, 2.75) is 43.3 Å². The van der Waals surface area contributed by atoms with Crippen molar-refractivity contribution in [2.75, 3.05) is 26.2 Å². The van der Waals surface area contributed by atoms with Crippen LogP contribution < -0.4 is 16.0 Å². The van der Waals surface area contributed by atoms with E-state index in [1.54, 1.807) is 0 Å². The van der Waals surface area contributed by atoms with Gasteiger partial charge in [-0.15, -0.1) is 11.8 Å². The topological polar surface area (TPSA) is 65.5 Å². The lowest BCUT2D eigenvalue weighted by atomic mass is 10.2. The van der Waals surface area contributed by atoms with Gasteiger partial charge < -0.3 is 16.0 Å². The molecule has 1 fully saturated rings. The summed E-state index contributed by atoms with van der Waals surface area (Å²) < 4.78 is 0.246. The molecule has 1 amide bonds. The lowest BCUT2D eigenvalue weighted by Crippen LogP contribution is -2.42. The van der Waals surface area contributed by atoms with Crippen molar-refractivity contribution in [3.8, 4) is 0 Å². The standard InChI is InChI=1S/C19H30N4OS/c1-4-20-18(22-13-12-21-17(24)15(2)3)23-14-19(10-11-19)25-16-8-6-5-7-9-16/h5-9,15H,4,10-14H2,1-3H3,(H,21,24)(H2,20,22,23). The van der Waals surface area contributed by atoms with Crippen LogP contribution in [-0.4, -0.2) is 42.8 Å². The normalized spacial score (nSPS) is 15.8. The fourth-order valence-electron chi connectivity index (χ4n) is 2.31. The van der Waals surface area contributed by atoms with Gasteiger partial charge in [0.2, 0.25) is 5.91 Å². The molecule has 0 aliphatic heterocycles. The number of rotatable bonds is 9. The number of aliphatic imine (C=N–C) groups is 1. The third kappa shape index (κ3) is 6.98. The van der Waals surface area contributed by atoms with Crippen molar-refractivity contribution in [2.24, 2.45) is 10.9 Å². The second kappa shape index (κ2) is 9.70. The van der Waals surface area contributed by atoms with E-state index < -0.39 is 0 Å². The fourth-order valence-corrected chi connectivity index (χ4v) is 3.53. The van der Waals surface area contributed by atoms with Gasteiger partial charge in [-0.3, -0.25) is 9.79 Å². The Balaban J connectivity index is 1.79. The van der Waals surface area contributed by atoms with Crippen LogP contribution in [0, 0.1) is 5.92 Å². The van der Waals surface area contributed by atoms with E-state index in [0.717, 1.165) is 19.0 Å². The maximum atomic E-state index is 11.6. The summed E-state index contributed by atoms with van der Waals surface area (Å²) in [5.41, 5.74) is 0. The predicted molar refractivity (Wildman–Crippen MR) is 106 cm³/mol. The van der Waals surface area contributed by atoms with Crippen LogP contribution in [0.15, 0.2) is 40.2 Å². The highest BCUT2D eigenvalue weighted by molar-refractivity contribution is 8.01. The number of nitrogens with one attached hydrogen (secondary N) is 3. The maximum Gasteiger partial charge on any atom is 0.222 e. The maximum absolute atomic E-state index is 11.6. The molecule has 5 nitrogen and oxygen atoms in total. The molecule has 1 aromatic rings. The van der Waals surface area contributed by atoms with Crippen molar-refractivity contribution in [1.82, 2.24) is 16.0 Å². The summed E-state index contributed by atoms with van der Waals surface area (Å²) in [6, 6.07) is 10.5. The molecule has 0 unspecified atom stereocenters. The predicted octanol–water partition coefficient (Wildman–Crippen LogP) is 2.64. The van der Waals surface area contributed by atoms with Gasteiger partial charge in [-0.05, 0) is 31.9 Å². The van der Waals surface area contributed by atoms with E-state index in [1.165, 1.54) is 17.7 Å². The van der Waals surface area contributed by atoms with E-state index in [9.17, 15) is 4.79 Å². The third-order valence-electron chi connectivity index (χ3n) is 4.00. The zero-order chi connectivity index (χ0) is 18.1. The molecule has 3 N–H and O–H groups in total. The molecule has 1 aromatic carbocycles. The lowest BCUT2D eigenvalue weighted by molar-refractivity contribution is -0.123. The summed E-state index contributed by atoms with van der Waals surface area (Å²) >= 11 is 1.93. The quantitative estimate of drug-likeness (QED) is 0.359. The Kier molecular flexibility index (Phi) is 7.62. The number of hydrogen-bond acceptors (Lipinski definition) is 3. The van der Waals surface area contributed by atoms with Crippen LogP contribution in [0.2, 0.25) is 0 Å².